The van der Waals surface area contributed by atoms with Crippen molar-refractivity contribution in [3.05, 3.63) is 30.1 Å². The SMILES string of the molecule is N#CCSc1nc(C2CC2)nc2ccccc12. The van der Waals surface area contributed by atoms with E-state index in [0.717, 1.165) is 21.8 Å². The van der Waals surface area contributed by atoms with Crippen molar-refractivity contribution in [3.63, 3.8) is 0 Å². The summed E-state index contributed by atoms with van der Waals surface area (Å²) in [5.74, 6) is 1.93. The Morgan fingerprint density at radius 2 is 2.12 bits per heavy atom. The van der Waals surface area contributed by atoms with Crippen molar-refractivity contribution >= 4 is 22.7 Å². The summed E-state index contributed by atoms with van der Waals surface area (Å²) >= 11 is 1.50. The first-order valence-electron chi connectivity index (χ1n) is 5.65. The van der Waals surface area contributed by atoms with E-state index in [-0.39, 0.29) is 0 Å². The summed E-state index contributed by atoms with van der Waals surface area (Å²) in [7, 11) is 0. The summed E-state index contributed by atoms with van der Waals surface area (Å²) in [6.45, 7) is 0. The van der Waals surface area contributed by atoms with Crippen molar-refractivity contribution < 1.29 is 0 Å². The lowest BCUT2D eigenvalue weighted by molar-refractivity contribution is 0.905. The van der Waals surface area contributed by atoms with E-state index >= 15 is 0 Å². The van der Waals surface area contributed by atoms with Crippen molar-refractivity contribution in [3.8, 4) is 6.07 Å². The molecule has 0 aliphatic heterocycles. The van der Waals surface area contributed by atoms with Crippen LogP contribution in [0.5, 0.6) is 0 Å². The summed E-state index contributed by atoms with van der Waals surface area (Å²) in [6, 6.07) is 10.2. The number of nitrogens with zero attached hydrogens (tertiary/aromatic N) is 3. The normalized spacial score (nSPS) is 14.8. The van der Waals surface area contributed by atoms with Gasteiger partial charge in [0.1, 0.15) is 10.9 Å². The van der Waals surface area contributed by atoms with E-state index in [0.29, 0.717) is 11.7 Å². The van der Waals surface area contributed by atoms with Gasteiger partial charge in [0.2, 0.25) is 0 Å². The van der Waals surface area contributed by atoms with Gasteiger partial charge in [0.25, 0.3) is 0 Å². The molecule has 0 bridgehead atoms. The summed E-state index contributed by atoms with van der Waals surface area (Å²) in [4.78, 5) is 9.20. The molecule has 84 valence electrons. The number of fused-ring (bicyclic) bond motifs is 1. The molecule has 1 aliphatic rings. The maximum atomic E-state index is 8.68. The molecule has 1 saturated carbocycles. The van der Waals surface area contributed by atoms with Crippen LogP contribution in [0.1, 0.15) is 24.6 Å². The third kappa shape index (κ3) is 2.11. The molecule has 0 spiro atoms. The monoisotopic (exact) mass is 241 g/mol. The second kappa shape index (κ2) is 4.34. The highest BCUT2D eigenvalue weighted by Gasteiger charge is 2.27. The van der Waals surface area contributed by atoms with Crippen LogP contribution in [-0.4, -0.2) is 15.7 Å². The quantitative estimate of drug-likeness (QED) is 0.612. The Bertz CT molecular complexity index is 599. The molecule has 1 aromatic carbocycles. The second-order valence-electron chi connectivity index (χ2n) is 4.13. The summed E-state index contributed by atoms with van der Waals surface area (Å²) in [5.41, 5.74) is 0.991. The molecule has 3 rings (SSSR count). The average molecular weight is 241 g/mol. The lowest BCUT2D eigenvalue weighted by Gasteiger charge is -2.06. The number of para-hydroxylation sites is 1. The van der Waals surface area contributed by atoms with Gasteiger partial charge in [-0.05, 0) is 18.9 Å². The van der Waals surface area contributed by atoms with E-state index in [4.69, 9.17) is 5.26 Å². The molecule has 0 amide bonds. The molecule has 1 aromatic heterocycles. The molecule has 4 heteroatoms. The van der Waals surface area contributed by atoms with Gasteiger partial charge in [0, 0.05) is 11.3 Å². The first-order chi connectivity index (χ1) is 8.38. The number of rotatable bonds is 3. The van der Waals surface area contributed by atoms with E-state index in [1.54, 1.807) is 0 Å². The van der Waals surface area contributed by atoms with Gasteiger partial charge in [0.15, 0.2) is 0 Å². The average Bonchev–Trinajstić information content (AvgIpc) is 3.20. The molecule has 1 fully saturated rings. The minimum absolute atomic E-state index is 0.436. The smallest absolute Gasteiger partial charge is 0.133 e. The Hall–Kier alpha value is -1.60. The number of aromatic nitrogens is 2. The lowest BCUT2D eigenvalue weighted by atomic mass is 10.2. The van der Waals surface area contributed by atoms with Crippen LogP contribution in [0.15, 0.2) is 29.3 Å². The van der Waals surface area contributed by atoms with Crippen LogP contribution in [0.25, 0.3) is 10.9 Å². The van der Waals surface area contributed by atoms with Crippen LogP contribution in [-0.2, 0) is 0 Å². The van der Waals surface area contributed by atoms with Crippen molar-refractivity contribution in [1.29, 1.82) is 5.26 Å². The standard InChI is InChI=1S/C13H11N3S/c14-7-8-17-13-10-3-1-2-4-11(10)15-12(16-13)9-5-6-9/h1-4,9H,5-6,8H2. The molecular weight excluding hydrogens is 230 g/mol. The van der Waals surface area contributed by atoms with Crippen LogP contribution in [0.3, 0.4) is 0 Å². The van der Waals surface area contributed by atoms with Crippen molar-refractivity contribution in [1.82, 2.24) is 9.97 Å². The van der Waals surface area contributed by atoms with Crippen molar-refractivity contribution in [2.24, 2.45) is 0 Å². The van der Waals surface area contributed by atoms with E-state index in [1.165, 1.54) is 24.6 Å². The zero-order valence-electron chi connectivity index (χ0n) is 9.26. The molecule has 17 heavy (non-hydrogen) atoms. The number of hydrogen-bond acceptors (Lipinski definition) is 4. The fourth-order valence-electron chi connectivity index (χ4n) is 1.80. The molecule has 0 unspecified atom stereocenters. The number of benzene rings is 1. The molecule has 0 radical (unpaired) electrons. The fourth-order valence-corrected chi connectivity index (χ4v) is 2.49. The Labute approximate surface area is 104 Å². The zero-order chi connectivity index (χ0) is 11.7. The van der Waals surface area contributed by atoms with Crippen molar-refractivity contribution in [2.45, 2.75) is 23.8 Å². The molecule has 3 nitrogen and oxygen atoms in total. The predicted octanol–water partition coefficient (Wildman–Crippen LogP) is 3.12. The van der Waals surface area contributed by atoms with Crippen LogP contribution >= 0.6 is 11.8 Å². The lowest BCUT2D eigenvalue weighted by Crippen LogP contribution is -1.96. The second-order valence-corrected chi connectivity index (χ2v) is 5.09. The van der Waals surface area contributed by atoms with Crippen LogP contribution in [0.4, 0.5) is 0 Å². The zero-order valence-corrected chi connectivity index (χ0v) is 10.1. The first kappa shape index (κ1) is 10.5. The van der Waals surface area contributed by atoms with E-state index < -0.39 is 0 Å². The topological polar surface area (TPSA) is 49.6 Å². The fraction of sp³-hybridized carbons (Fsp3) is 0.308. The maximum Gasteiger partial charge on any atom is 0.133 e. The Balaban J connectivity index is 2.11. The Morgan fingerprint density at radius 3 is 2.88 bits per heavy atom. The predicted molar refractivity (Wildman–Crippen MR) is 67.9 cm³/mol. The highest BCUT2D eigenvalue weighted by atomic mass is 32.2. The largest absolute Gasteiger partial charge is 0.233 e. The van der Waals surface area contributed by atoms with Crippen molar-refractivity contribution in [2.75, 3.05) is 5.75 Å². The molecule has 0 atom stereocenters. The van der Waals surface area contributed by atoms with Crippen LogP contribution in [0, 0.1) is 11.3 Å². The molecule has 1 aliphatic carbocycles. The number of nitriles is 1. The van der Waals surface area contributed by atoms with Gasteiger partial charge in [-0.15, -0.1) is 0 Å². The van der Waals surface area contributed by atoms with Gasteiger partial charge in [-0.25, -0.2) is 9.97 Å². The third-order valence-corrected chi connectivity index (χ3v) is 3.66. The van der Waals surface area contributed by atoms with Gasteiger partial charge in [-0.2, -0.15) is 5.26 Å². The number of thioether (sulfide) groups is 1. The molecular formula is C13H11N3S. The summed E-state index contributed by atoms with van der Waals surface area (Å²) in [6.07, 6.45) is 2.39. The minimum Gasteiger partial charge on any atom is -0.233 e. The summed E-state index contributed by atoms with van der Waals surface area (Å²) < 4.78 is 0. The highest BCUT2D eigenvalue weighted by Crippen LogP contribution is 2.39. The highest BCUT2D eigenvalue weighted by molar-refractivity contribution is 7.99. The van der Waals surface area contributed by atoms with Gasteiger partial charge < -0.3 is 0 Å². The van der Waals surface area contributed by atoms with Crippen LogP contribution in [0.2, 0.25) is 0 Å². The molecule has 0 saturated heterocycles. The van der Waals surface area contributed by atoms with Gasteiger partial charge in [0.05, 0.1) is 17.3 Å². The molecule has 1 heterocycles. The van der Waals surface area contributed by atoms with E-state index in [1.807, 2.05) is 24.3 Å². The van der Waals surface area contributed by atoms with Gasteiger partial charge >= 0.3 is 0 Å². The number of hydrogen-bond donors (Lipinski definition) is 0. The first-order valence-corrected chi connectivity index (χ1v) is 6.63. The van der Waals surface area contributed by atoms with Gasteiger partial charge in [-0.3, -0.25) is 0 Å². The van der Waals surface area contributed by atoms with E-state index in [2.05, 4.69) is 16.0 Å². The molecule has 2 aromatic rings. The van der Waals surface area contributed by atoms with Gasteiger partial charge in [-0.1, -0.05) is 30.0 Å². The van der Waals surface area contributed by atoms with E-state index in [9.17, 15) is 0 Å². The minimum atomic E-state index is 0.436. The maximum absolute atomic E-state index is 8.68. The third-order valence-electron chi connectivity index (χ3n) is 2.80. The van der Waals surface area contributed by atoms with Crippen LogP contribution < -0.4 is 0 Å². The molecule has 0 N–H and O–H groups in total. The Kier molecular flexibility index (Phi) is 2.69. The summed E-state index contributed by atoms with van der Waals surface area (Å²) in [5, 5.41) is 10.7. The Morgan fingerprint density at radius 1 is 1.29 bits per heavy atom.